The van der Waals surface area contributed by atoms with E-state index in [0.29, 0.717) is 23.8 Å². The number of aromatic hydroxyl groups is 1. The molecular weight excluding hydrogens is 432 g/mol. The molecular formula is C23H19BrN2O3. The molecule has 29 heavy (non-hydrogen) atoms. The second kappa shape index (κ2) is 8.09. The lowest BCUT2D eigenvalue weighted by atomic mass is 10.2. The van der Waals surface area contributed by atoms with E-state index in [1.54, 1.807) is 18.3 Å². The standard InChI is InChI=1S/C23H19BrN2O3/c1-3-28-21-12-17(24)10-16(22(21)27)13-25-18-6-4-5-15(11-18)23-26-19-8-7-14(2)9-20(19)29-23/h4-13,27H,3H2,1-2H3. The third kappa shape index (κ3) is 4.17. The van der Waals surface area contributed by atoms with Crippen molar-refractivity contribution in [2.24, 2.45) is 4.99 Å². The Balaban J connectivity index is 1.65. The molecule has 0 saturated carbocycles. The predicted octanol–water partition coefficient (Wildman–Crippen LogP) is 6.42. The molecule has 4 aromatic rings. The van der Waals surface area contributed by atoms with E-state index in [0.717, 1.165) is 32.4 Å². The Bertz CT molecular complexity index is 1210. The summed E-state index contributed by atoms with van der Waals surface area (Å²) in [5.41, 5.74) is 4.82. The highest BCUT2D eigenvalue weighted by Gasteiger charge is 2.10. The summed E-state index contributed by atoms with van der Waals surface area (Å²) in [4.78, 5) is 9.06. The fourth-order valence-electron chi connectivity index (χ4n) is 2.98. The lowest BCUT2D eigenvalue weighted by Gasteiger charge is -2.08. The van der Waals surface area contributed by atoms with Gasteiger partial charge in [-0.15, -0.1) is 0 Å². The van der Waals surface area contributed by atoms with Crippen molar-refractivity contribution in [2.45, 2.75) is 13.8 Å². The highest BCUT2D eigenvalue weighted by Crippen LogP contribution is 2.33. The van der Waals surface area contributed by atoms with E-state index in [-0.39, 0.29) is 5.75 Å². The summed E-state index contributed by atoms with van der Waals surface area (Å²) in [6.45, 7) is 4.35. The average molecular weight is 451 g/mol. The first-order chi connectivity index (χ1) is 14.0. The van der Waals surface area contributed by atoms with Crippen molar-refractivity contribution >= 4 is 38.9 Å². The molecule has 0 aliphatic carbocycles. The second-order valence-corrected chi connectivity index (χ2v) is 7.49. The first-order valence-corrected chi connectivity index (χ1v) is 10.00. The Morgan fingerprint density at radius 3 is 2.86 bits per heavy atom. The number of phenols is 1. The van der Waals surface area contributed by atoms with Gasteiger partial charge in [-0.1, -0.05) is 28.1 Å². The molecule has 0 saturated heterocycles. The van der Waals surface area contributed by atoms with E-state index in [4.69, 9.17) is 9.15 Å². The Kier molecular flexibility index (Phi) is 5.36. The van der Waals surface area contributed by atoms with Gasteiger partial charge in [0.25, 0.3) is 0 Å². The molecule has 1 N–H and O–H groups in total. The van der Waals surface area contributed by atoms with Gasteiger partial charge in [-0.3, -0.25) is 4.99 Å². The van der Waals surface area contributed by atoms with Crippen LogP contribution < -0.4 is 4.74 Å². The summed E-state index contributed by atoms with van der Waals surface area (Å²) in [5, 5.41) is 10.4. The van der Waals surface area contributed by atoms with Gasteiger partial charge in [-0.05, 0) is 61.9 Å². The highest BCUT2D eigenvalue weighted by atomic mass is 79.9. The molecule has 4 rings (SSSR count). The van der Waals surface area contributed by atoms with E-state index < -0.39 is 0 Å². The van der Waals surface area contributed by atoms with Crippen LogP contribution in [0.4, 0.5) is 5.69 Å². The van der Waals surface area contributed by atoms with E-state index in [1.165, 1.54) is 0 Å². The molecule has 0 aliphatic rings. The SMILES string of the molecule is CCOc1cc(Br)cc(C=Nc2cccc(-c3nc4ccc(C)cc4o3)c2)c1O. The number of benzene rings is 3. The Morgan fingerprint density at radius 2 is 2.03 bits per heavy atom. The van der Waals surface area contributed by atoms with E-state index in [2.05, 4.69) is 25.9 Å². The summed E-state index contributed by atoms with van der Waals surface area (Å²) < 4.78 is 12.2. The molecule has 1 aromatic heterocycles. The molecule has 0 bridgehead atoms. The number of aromatic nitrogens is 1. The zero-order valence-electron chi connectivity index (χ0n) is 16.0. The van der Waals surface area contributed by atoms with Crippen LogP contribution in [0.3, 0.4) is 0 Å². The van der Waals surface area contributed by atoms with Gasteiger partial charge in [-0.25, -0.2) is 4.98 Å². The lowest BCUT2D eigenvalue weighted by molar-refractivity contribution is 0.317. The molecule has 0 amide bonds. The van der Waals surface area contributed by atoms with Gasteiger partial charge < -0.3 is 14.3 Å². The van der Waals surface area contributed by atoms with Crippen molar-refractivity contribution in [1.82, 2.24) is 4.98 Å². The summed E-state index contributed by atoms with van der Waals surface area (Å²) in [6, 6.07) is 17.1. The van der Waals surface area contributed by atoms with E-state index in [1.807, 2.05) is 56.3 Å². The van der Waals surface area contributed by atoms with Gasteiger partial charge in [0.2, 0.25) is 5.89 Å². The molecule has 1 heterocycles. The highest BCUT2D eigenvalue weighted by molar-refractivity contribution is 9.10. The molecule has 3 aromatic carbocycles. The van der Waals surface area contributed by atoms with Crippen molar-refractivity contribution in [3.63, 3.8) is 0 Å². The molecule has 0 spiro atoms. The molecule has 6 heteroatoms. The van der Waals surface area contributed by atoms with Crippen molar-refractivity contribution in [2.75, 3.05) is 6.61 Å². The molecule has 0 atom stereocenters. The quantitative estimate of drug-likeness (QED) is 0.356. The van der Waals surface area contributed by atoms with Crippen LogP contribution in [0.25, 0.3) is 22.6 Å². The first kappa shape index (κ1) is 19.2. The fraction of sp³-hybridized carbons (Fsp3) is 0.130. The minimum absolute atomic E-state index is 0.0595. The number of ether oxygens (including phenoxy) is 1. The van der Waals surface area contributed by atoms with Gasteiger partial charge in [0, 0.05) is 21.8 Å². The van der Waals surface area contributed by atoms with Crippen LogP contribution in [0.15, 0.2) is 68.5 Å². The molecule has 5 nitrogen and oxygen atoms in total. The van der Waals surface area contributed by atoms with Crippen molar-refractivity contribution in [1.29, 1.82) is 0 Å². The smallest absolute Gasteiger partial charge is 0.227 e. The number of phenolic OH excluding ortho intramolecular Hbond substituents is 1. The Morgan fingerprint density at radius 1 is 1.17 bits per heavy atom. The van der Waals surface area contributed by atoms with E-state index in [9.17, 15) is 5.11 Å². The van der Waals surface area contributed by atoms with Crippen LogP contribution in [0.2, 0.25) is 0 Å². The normalized spacial score (nSPS) is 11.4. The summed E-state index contributed by atoms with van der Waals surface area (Å²) in [7, 11) is 0. The van der Waals surface area contributed by atoms with Crippen molar-refractivity contribution in [3.05, 3.63) is 70.2 Å². The number of rotatable bonds is 5. The number of aryl methyl sites for hydroxylation is 1. The van der Waals surface area contributed by atoms with Gasteiger partial charge in [0.1, 0.15) is 5.52 Å². The summed E-state index contributed by atoms with van der Waals surface area (Å²) in [6.07, 6.45) is 1.61. The molecule has 0 unspecified atom stereocenters. The maximum absolute atomic E-state index is 10.4. The van der Waals surface area contributed by atoms with Crippen LogP contribution in [0.5, 0.6) is 11.5 Å². The van der Waals surface area contributed by atoms with Gasteiger partial charge >= 0.3 is 0 Å². The van der Waals surface area contributed by atoms with Gasteiger partial charge in [0.15, 0.2) is 17.1 Å². The van der Waals surface area contributed by atoms with Crippen molar-refractivity contribution in [3.8, 4) is 23.0 Å². The summed E-state index contributed by atoms with van der Waals surface area (Å²) in [5.74, 6) is 1.02. The maximum Gasteiger partial charge on any atom is 0.227 e. The largest absolute Gasteiger partial charge is 0.504 e. The number of aliphatic imine (C=N–C) groups is 1. The molecule has 0 radical (unpaired) electrons. The Hall–Kier alpha value is -3.12. The number of halogens is 1. The predicted molar refractivity (Wildman–Crippen MR) is 118 cm³/mol. The van der Waals surface area contributed by atoms with Crippen LogP contribution in [0.1, 0.15) is 18.1 Å². The topological polar surface area (TPSA) is 67.9 Å². The minimum atomic E-state index is 0.0595. The maximum atomic E-state index is 10.4. The monoisotopic (exact) mass is 450 g/mol. The van der Waals surface area contributed by atoms with Crippen LogP contribution in [-0.2, 0) is 0 Å². The van der Waals surface area contributed by atoms with Gasteiger partial charge in [0.05, 0.1) is 12.3 Å². The average Bonchev–Trinajstić information content (AvgIpc) is 3.13. The fourth-order valence-corrected chi connectivity index (χ4v) is 3.43. The van der Waals surface area contributed by atoms with Crippen LogP contribution >= 0.6 is 15.9 Å². The zero-order valence-corrected chi connectivity index (χ0v) is 17.6. The van der Waals surface area contributed by atoms with Crippen molar-refractivity contribution < 1.29 is 14.3 Å². The molecule has 146 valence electrons. The lowest BCUT2D eigenvalue weighted by Crippen LogP contribution is -1.94. The minimum Gasteiger partial charge on any atom is -0.504 e. The zero-order chi connectivity index (χ0) is 20.4. The molecule has 0 aliphatic heterocycles. The van der Waals surface area contributed by atoms with Gasteiger partial charge in [-0.2, -0.15) is 0 Å². The Labute approximate surface area is 176 Å². The number of oxazole rings is 1. The number of hydrogen-bond acceptors (Lipinski definition) is 5. The second-order valence-electron chi connectivity index (χ2n) is 6.57. The number of hydrogen-bond donors (Lipinski definition) is 1. The number of fused-ring (bicyclic) bond motifs is 1. The first-order valence-electron chi connectivity index (χ1n) is 9.20. The van der Waals surface area contributed by atoms with Crippen LogP contribution in [-0.4, -0.2) is 22.9 Å². The summed E-state index contributed by atoms with van der Waals surface area (Å²) >= 11 is 3.43. The van der Waals surface area contributed by atoms with E-state index >= 15 is 0 Å². The van der Waals surface area contributed by atoms with Crippen LogP contribution in [0, 0.1) is 6.92 Å². The molecule has 0 fully saturated rings. The number of nitrogens with zero attached hydrogens (tertiary/aromatic N) is 2. The third-order valence-corrected chi connectivity index (χ3v) is 4.82. The third-order valence-electron chi connectivity index (χ3n) is 4.36.